The van der Waals surface area contributed by atoms with Crippen molar-refractivity contribution in [3.8, 4) is 0 Å². The van der Waals surface area contributed by atoms with Crippen LogP contribution in [-0.2, 0) is 7.05 Å². The molecule has 0 aliphatic rings. The quantitative estimate of drug-likeness (QED) is 0.596. The monoisotopic (exact) mass is 226 g/mol. The fourth-order valence-electron chi connectivity index (χ4n) is 2.82. The van der Waals surface area contributed by atoms with E-state index in [0.717, 1.165) is 0 Å². The van der Waals surface area contributed by atoms with Gasteiger partial charge in [-0.25, -0.2) is 0 Å². The summed E-state index contributed by atoms with van der Waals surface area (Å²) in [6.07, 6.45) is 0. The largest absolute Gasteiger partial charge is 0.333 e. The molecule has 17 heavy (non-hydrogen) atoms. The van der Waals surface area contributed by atoms with Crippen molar-refractivity contribution in [1.82, 2.24) is 8.97 Å². The highest BCUT2D eigenvalue weighted by Crippen LogP contribution is 2.29. The minimum atomic E-state index is 0.537. The zero-order valence-electron chi connectivity index (χ0n) is 10.9. The molecule has 0 aliphatic heterocycles. The molecular formula is C15H18N2. The maximum atomic E-state index is 2.40. The molecule has 0 amide bonds. The third kappa shape index (κ3) is 1.27. The molecular weight excluding hydrogens is 208 g/mol. The normalized spacial score (nSPS) is 12.1. The van der Waals surface area contributed by atoms with Gasteiger partial charge in [-0.3, -0.25) is 4.40 Å². The van der Waals surface area contributed by atoms with E-state index in [4.69, 9.17) is 0 Å². The average Bonchev–Trinajstić information content (AvgIpc) is 2.77. The Balaban J connectivity index is 2.57. The smallest absolute Gasteiger partial charge is 0.118 e. The summed E-state index contributed by atoms with van der Waals surface area (Å²) in [5.41, 5.74) is 5.38. The Kier molecular flexibility index (Phi) is 2.09. The molecule has 0 saturated heterocycles. The van der Waals surface area contributed by atoms with E-state index in [1.165, 1.54) is 27.9 Å². The van der Waals surface area contributed by atoms with Gasteiger partial charge in [0.1, 0.15) is 5.65 Å². The molecule has 0 bridgehead atoms. The molecule has 0 radical (unpaired) electrons. The van der Waals surface area contributed by atoms with Gasteiger partial charge in [-0.1, -0.05) is 32.0 Å². The molecule has 0 atom stereocenters. The molecule has 88 valence electrons. The number of aryl methyl sites for hydroxylation is 1. The van der Waals surface area contributed by atoms with Crippen molar-refractivity contribution < 1.29 is 0 Å². The first-order valence-corrected chi connectivity index (χ1v) is 6.16. The van der Waals surface area contributed by atoms with Crippen LogP contribution in [0.2, 0.25) is 0 Å². The Morgan fingerprint density at radius 3 is 2.53 bits per heavy atom. The standard InChI is InChI=1S/C15H18N2/c1-10(2)15-11(3)16(4)14-9-12-7-5-6-8-13(12)17(14)15/h5-10H,1-4H3. The van der Waals surface area contributed by atoms with Gasteiger partial charge in [0.2, 0.25) is 0 Å². The van der Waals surface area contributed by atoms with Crippen LogP contribution in [0.15, 0.2) is 30.3 Å². The van der Waals surface area contributed by atoms with Gasteiger partial charge >= 0.3 is 0 Å². The van der Waals surface area contributed by atoms with Crippen LogP contribution in [0.25, 0.3) is 16.6 Å². The molecule has 3 aromatic rings. The van der Waals surface area contributed by atoms with Crippen molar-refractivity contribution in [2.75, 3.05) is 0 Å². The van der Waals surface area contributed by atoms with E-state index in [-0.39, 0.29) is 0 Å². The number of hydrogen-bond acceptors (Lipinski definition) is 0. The first-order valence-electron chi connectivity index (χ1n) is 6.16. The second-order valence-electron chi connectivity index (χ2n) is 5.08. The Morgan fingerprint density at radius 1 is 1.12 bits per heavy atom. The van der Waals surface area contributed by atoms with Gasteiger partial charge < -0.3 is 4.57 Å². The second kappa shape index (κ2) is 3.39. The summed E-state index contributed by atoms with van der Waals surface area (Å²) in [6.45, 7) is 6.73. The third-order valence-corrected chi connectivity index (χ3v) is 3.70. The van der Waals surface area contributed by atoms with Crippen molar-refractivity contribution in [3.63, 3.8) is 0 Å². The Labute approximate surface area is 101 Å². The lowest BCUT2D eigenvalue weighted by molar-refractivity contribution is 0.797. The molecule has 2 nitrogen and oxygen atoms in total. The number of hydrogen-bond donors (Lipinski definition) is 0. The first-order chi connectivity index (χ1) is 8.11. The molecule has 0 saturated carbocycles. The van der Waals surface area contributed by atoms with Crippen LogP contribution in [0, 0.1) is 6.92 Å². The number of fused-ring (bicyclic) bond motifs is 3. The first kappa shape index (κ1) is 10.5. The Morgan fingerprint density at radius 2 is 1.82 bits per heavy atom. The number of para-hydroxylation sites is 1. The molecule has 1 aromatic carbocycles. The van der Waals surface area contributed by atoms with E-state index in [1.54, 1.807) is 0 Å². The number of nitrogens with zero attached hydrogens (tertiary/aromatic N) is 2. The maximum Gasteiger partial charge on any atom is 0.118 e. The van der Waals surface area contributed by atoms with E-state index in [2.05, 4.69) is 67.1 Å². The Bertz CT molecular complexity index is 698. The van der Waals surface area contributed by atoms with Gasteiger partial charge in [0.15, 0.2) is 0 Å². The van der Waals surface area contributed by atoms with Gasteiger partial charge in [-0.2, -0.15) is 0 Å². The molecule has 0 fully saturated rings. The third-order valence-electron chi connectivity index (χ3n) is 3.70. The summed E-state index contributed by atoms with van der Waals surface area (Å²) < 4.78 is 4.69. The lowest BCUT2D eigenvalue weighted by Gasteiger charge is -2.07. The van der Waals surface area contributed by atoms with Crippen molar-refractivity contribution in [1.29, 1.82) is 0 Å². The minimum Gasteiger partial charge on any atom is -0.333 e. The van der Waals surface area contributed by atoms with Crippen molar-refractivity contribution >= 4 is 16.6 Å². The van der Waals surface area contributed by atoms with Crippen molar-refractivity contribution in [2.45, 2.75) is 26.7 Å². The SMILES string of the molecule is Cc1c(C(C)C)n2c3ccccc3cc2n1C. The lowest BCUT2D eigenvalue weighted by Crippen LogP contribution is -1.97. The number of rotatable bonds is 1. The highest BCUT2D eigenvalue weighted by atomic mass is 15.1. The van der Waals surface area contributed by atoms with Crippen LogP contribution in [0.4, 0.5) is 0 Å². The van der Waals surface area contributed by atoms with Crippen LogP contribution in [0.5, 0.6) is 0 Å². The van der Waals surface area contributed by atoms with Crippen LogP contribution in [0.3, 0.4) is 0 Å². The van der Waals surface area contributed by atoms with E-state index >= 15 is 0 Å². The van der Waals surface area contributed by atoms with Crippen LogP contribution >= 0.6 is 0 Å². The van der Waals surface area contributed by atoms with Gasteiger partial charge in [0, 0.05) is 23.8 Å². The zero-order chi connectivity index (χ0) is 12.2. The highest BCUT2D eigenvalue weighted by molar-refractivity contribution is 5.87. The van der Waals surface area contributed by atoms with Crippen molar-refractivity contribution in [3.05, 3.63) is 41.7 Å². The summed E-state index contributed by atoms with van der Waals surface area (Å²) in [7, 11) is 2.15. The molecule has 0 aliphatic carbocycles. The molecule has 0 spiro atoms. The van der Waals surface area contributed by atoms with Gasteiger partial charge in [0.25, 0.3) is 0 Å². The minimum absolute atomic E-state index is 0.537. The lowest BCUT2D eigenvalue weighted by atomic mass is 10.1. The summed E-state index contributed by atoms with van der Waals surface area (Å²) in [5, 5.41) is 1.32. The highest BCUT2D eigenvalue weighted by Gasteiger charge is 2.16. The molecule has 2 heterocycles. The molecule has 0 unspecified atom stereocenters. The van der Waals surface area contributed by atoms with E-state index in [0.29, 0.717) is 5.92 Å². The predicted molar refractivity (Wildman–Crippen MR) is 72.7 cm³/mol. The second-order valence-corrected chi connectivity index (χ2v) is 5.08. The predicted octanol–water partition coefficient (Wildman–Crippen LogP) is 3.86. The zero-order valence-corrected chi connectivity index (χ0v) is 10.9. The molecule has 3 rings (SSSR count). The maximum absolute atomic E-state index is 2.40. The topological polar surface area (TPSA) is 9.34 Å². The van der Waals surface area contributed by atoms with Gasteiger partial charge in [0.05, 0.1) is 5.52 Å². The van der Waals surface area contributed by atoms with Crippen LogP contribution in [0.1, 0.15) is 31.2 Å². The fraction of sp³-hybridized carbons (Fsp3) is 0.333. The average molecular weight is 226 g/mol. The van der Waals surface area contributed by atoms with Gasteiger partial charge in [-0.15, -0.1) is 0 Å². The van der Waals surface area contributed by atoms with Crippen LogP contribution < -0.4 is 0 Å². The summed E-state index contributed by atoms with van der Waals surface area (Å²) >= 11 is 0. The number of aromatic nitrogens is 2. The molecule has 2 heteroatoms. The van der Waals surface area contributed by atoms with Gasteiger partial charge in [-0.05, 0) is 25.0 Å². The molecule has 0 N–H and O–H groups in total. The van der Waals surface area contributed by atoms with E-state index in [9.17, 15) is 0 Å². The summed E-state index contributed by atoms with van der Waals surface area (Å²) in [4.78, 5) is 0. The summed E-state index contributed by atoms with van der Waals surface area (Å²) in [6, 6.07) is 10.9. The fourth-order valence-corrected chi connectivity index (χ4v) is 2.82. The molecule has 2 aromatic heterocycles. The van der Waals surface area contributed by atoms with Crippen LogP contribution in [-0.4, -0.2) is 8.97 Å². The summed E-state index contributed by atoms with van der Waals surface area (Å²) in [5.74, 6) is 0.537. The van der Waals surface area contributed by atoms with E-state index in [1.807, 2.05) is 0 Å². The van der Waals surface area contributed by atoms with Crippen molar-refractivity contribution in [2.24, 2.45) is 7.05 Å². The number of imidazole rings is 1. The Hall–Kier alpha value is -1.70. The number of benzene rings is 1. The van der Waals surface area contributed by atoms with E-state index < -0.39 is 0 Å².